The van der Waals surface area contributed by atoms with Crippen molar-refractivity contribution < 1.29 is 18.3 Å². The van der Waals surface area contributed by atoms with E-state index in [2.05, 4.69) is 0 Å². The van der Waals surface area contributed by atoms with Gasteiger partial charge in [0.15, 0.2) is 11.6 Å². The standard InChI is InChI=1S/C16H15F2NO2/c1-20-9-5-6-14-11(7-9)13(19)8-15(21-14)10-3-2-4-12(17)16(10)18/h2-7,13,15H,8,19H2,1H3/t13-,15?/m1/s1. The van der Waals surface area contributed by atoms with Crippen LogP contribution < -0.4 is 15.2 Å². The van der Waals surface area contributed by atoms with Gasteiger partial charge in [0.1, 0.15) is 17.6 Å². The first-order chi connectivity index (χ1) is 10.1. The predicted octanol–water partition coefficient (Wildman–Crippen LogP) is 3.50. The first kappa shape index (κ1) is 13.8. The summed E-state index contributed by atoms with van der Waals surface area (Å²) in [6.07, 6.45) is -0.225. The Morgan fingerprint density at radius 3 is 2.76 bits per heavy atom. The molecule has 0 saturated heterocycles. The van der Waals surface area contributed by atoms with Crippen molar-refractivity contribution in [2.45, 2.75) is 18.6 Å². The molecule has 0 amide bonds. The van der Waals surface area contributed by atoms with Crippen LogP contribution in [0.3, 0.4) is 0 Å². The highest BCUT2D eigenvalue weighted by molar-refractivity contribution is 5.44. The maximum absolute atomic E-state index is 13.9. The van der Waals surface area contributed by atoms with E-state index in [1.54, 1.807) is 25.3 Å². The molecule has 2 aromatic rings. The van der Waals surface area contributed by atoms with Crippen molar-refractivity contribution in [3.05, 3.63) is 59.2 Å². The van der Waals surface area contributed by atoms with Crippen LogP contribution in [-0.2, 0) is 0 Å². The van der Waals surface area contributed by atoms with Gasteiger partial charge in [-0.2, -0.15) is 0 Å². The van der Waals surface area contributed by atoms with Crippen LogP contribution in [0.15, 0.2) is 36.4 Å². The molecule has 0 spiro atoms. The molecule has 0 bridgehead atoms. The van der Waals surface area contributed by atoms with Crippen molar-refractivity contribution in [3.63, 3.8) is 0 Å². The smallest absolute Gasteiger partial charge is 0.165 e. The summed E-state index contributed by atoms with van der Waals surface area (Å²) in [5.74, 6) is -0.511. The summed E-state index contributed by atoms with van der Waals surface area (Å²) in [5.41, 5.74) is 7.13. The fourth-order valence-corrected chi connectivity index (χ4v) is 2.57. The lowest BCUT2D eigenvalue weighted by atomic mass is 9.93. The van der Waals surface area contributed by atoms with Crippen LogP contribution in [0.25, 0.3) is 0 Å². The predicted molar refractivity (Wildman–Crippen MR) is 74.3 cm³/mol. The first-order valence-corrected chi connectivity index (χ1v) is 6.64. The number of hydrogen-bond acceptors (Lipinski definition) is 3. The molecule has 1 aliphatic heterocycles. The van der Waals surface area contributed by atoms with E-state index in [9.17, 15) is 8.78 Å². The van der Waals surface area contributed by atoms with Gasteiger partial charge in [-0.05, 0) is 24.3 Å². The Morgan fingerprint density at radius 2 is 2.00 bits per heavy atom. The number of fused-ring (bicyclic) bond motifs is 1. The van der Waals surface area contributed by atoms with E-state index in [1.165, 1.54) is 12.1 Å². The number of halogens is 2. The van der Waals surface area contributed by atoms with Crippen LogP contribution in [0.1, 0.15) is 29.7 Å². The molecule has 1 heterocycles. The Balaban J connectivity index is 1.97. The molecule has 0 radical (unpaired) electrons. The third-order valence-corrected chi connectivity index (χ3v) is 3.68. The van der Waals surface area contributed by atoms with Crippen molar-refractivity contribution in [1.29, 1.82) is 0 Å². The third-order valence-electron chi connectivity index (χ3n) is 3.68. The van der Waals surface area contributed by atoms with Gasteiger partial charge in [-0.3, -0.25) is 0 Å². The van der Waals surface area contributed by atoms with Gasteiger partial charge in [0, 0.05) is 23.6 Å². The second-order valence-corrected chi connectivity index (χ2v) is 5.00. The SMILES string of the molecule is COc1ccc2c(c1)[C@H](N)CC(c1cccc(F)c1F)O2. The molecule has 3 rings (SSSR count). The van der Waals surface area contributed by atoms with E-state index < -0.39 is 17.7 Å². The van der Waals surface area contributed by atoms with E-state index in [4.69, 9.17) is 15.2 Å². The highest BCUT2D eigenvalue weighted by atomic mass is 19.2. The van der Waals surface area contributed by atoms with E-state index in [0.717, 1.165) is 11.6 Å². The maximum atomic E-state index is 13.9. The van der Waals surface area contributed by atoms with Gasteiger partial charge in [0.05, 0.1) is 7.11 Å². The van der Waals surface area contributed by atoms with Gasteiger partial charge in [-0.15, -0.1) is 0 Å². The lowest BCUT2D eigenvalue weighted by Gasteiger charge is -2.31. The monoisotopic (exact) mass is 291 g/mol. The molecule has 2 N–H and O–H groups in total. The minimum atomic E-state index is -0.884. The van der Waals surface area contributed by atoms with Gasteiger partial charge >= 0.3 is 0 Å². The van der Waals surface area contributed by atoms with Crippen molar-refractivity contribution in [1.82, 2.24) is 0 Å². The molecule has 1 aliphatic rings. The Hall–Kier alpha value is -2.14. The minimum absolute atomic E-state index is 0.187. The average molecular weight is 291 g/mol. The second kappa shape index (κ2) is 5.33. The van der Waals surface area contributed by atoms with E-state index >= 15 is 0 Å². The topological polar surface area (TPSA) is 44.5 Å². The number of methoxy groups -OCH3 is 1. The lowest BCUT2D eigenvalue weighted by molar-refractivity contribution is 0.156. The summed E-state index contributed by atoms with van der Waals surface area (Å²) in [4.78, 5) is 0. The van der Waals surface area contributed by atoms with Gasteiger partial charge in [-0.1, -0.05) is 12.1 Å². The summed E-state index contributed by atoms with van der Waals surface area (Å²) < 4.78 is 38.2. The Bertz CT molecular complexity index is 675. The molecule has 3 nitrogen and oxygen atoms in total. The Labute approximate surface area is 121 Å². The number of nitrogens with two attached hydrogens (primary N) is 1. The molecule has 0 fully saturated rings. The van der Waals surface area contributed by atoms with E-state index in [0.29, 0.717) is 17.9 Å². The molecule has 0 aliphatic carbocycles. The quantitative estimate of drug-likeness (QED) is 0.921. The fraction of sp³-hybridized carbons (Fsp3) is 0.250. The molecule has 110 valence electrons. The van der Waals surface area contributed by atoms with Crippen molar-refractivity contribution in [2.24, 2.45) is 5.73 Å². The number of ether oxygens (including phenoxy) is 2. The van der Waals surface area contributed by atoms with Crippen molar-refractivity contribution in [3.8, 4) is 11.5 Å². The zero-order valence-electron chi connectivity index (χ0n) is 11.5. The van der Waals surface area contributed by atoms with Gasteiger partial charge in [0.2, 0.25) is 0 Å². The van der Waals surface area contributed by atoms with Crippen LogP contribution >= 0.6 is 0 Å². The number of hydrogen-bond donors (Lipinski definition) is 1. The summed E-state index contributed by atoms with van der Waals surface area (Å²) in [5, 5.41) is 0. The van der Waals surface area contributed by atoms with Crippen LogP contribution in [0.4, 0.5) is 8.78 Å². The molecule has 2 atom stereocenters. The molecule has 21 heavy (non-hydrogen) atoms. The molecular formula is C16H15F2NO2. The average Bonchev–Trinajstić information content (AvgIpc) is 2.49. The van der Waals surface area contributed by atoms with Crippen LogP contribution in [0, 0.1) is 11.6 Å². The zero-order chi connectivity index (χ0) is 15.0. The summed E-state index contributed by atoms with van der Waals surface area (Å²) >= 11 is 0. The lowest BCUT2D eigenvalue weighted by Crippen LogP contribution is -2.25. The Morgan fingerprint density at radius 1 is 1.19 bits per heavy atom. The zero-order valence-corrected chi connectivity index (χ0v) is 11.5. The summed E-state index contributed by atoms with van der Waals surface area (Å²) in [7, 11) is 1.57. The van der Waals surface area contributed by atoms with Crippen LogP contribution in [-0.4, -0.2) is 7.11 Å². The maximum Gasteiger partial charge on any atom is 0.165 e. The van der Waals surface area contributed by atoms with Crippen molar-refractivity contribution in [2.75, 3.05) is 7.11 Å². The molecule has 0 saturated carbocycles. The van der Waals surface area contributed by atoms with Crippen LogP contribution in [0.5, 0.6) is 11.5 Å². The molecule has 1 unspecified atom stereocenters. The molecule has 0 aromatic heterocycles. The molecular weight excluding hydrogens is 276 g/mol. The number of rotatable bonds is 2. The second-order valence-electron chi connectivity index (χ2n) is 5.00. The number of benzene rings is 2. The van der Waals surface area contributed by atoms with Crippen LogP contribution in [0.2, 0.25) is 0 Å². The Kier molecular flexibility index (Phi) is 3.51. The normalized spacial score (nSPS) is 20.6. The molecule has 2 aromatic carbocycles. The summed E-state index contributed by atoms with van der Waals surface area (Å²) in [6, 6.07) is 9.03. The fourth-order valence-electron chi connectivity index (χ4n) is 2.57. The van der Waals surface area contributed by atoms with Gasteiger partial charge in [-0.25, -0.2) is 8.78 Å². The first-order valence-electron chi connectivity index (χ1n) is 6.64. The minimum Gasteiger partial charge on any atom is -0.497 e. The highest BCUT2D eigenvalue weighted by Crippen LogP contribution is 2.41. The largest absolute Gasteiger partial charge is 0.497 e. The van der Waals surface area contributed by atoms with Crippen molar-refractivity contribution >= 4 is 0 Å². The van der Waals surface area contributed by atoms with Gasteiger partial charge < -0.3 is 15.2 Å². The highest BCUT2D eigenvalue weighted by Gasteiger charge is 2.29. The molecule has 5 heteroatoms. The van der Waals surface area contributed by atoms with Gasteiger partial charge in [0.25, 0.3) is 0 Å². The van der Waals surface area contributed by atoms with E-state index in [-0.39, 0.29) is 11.6 Å². The van der Waals surface area contributed by atoms with E-state index in [1.807, 2.05) is 0 Å². The third kappa shape index (κ3) is 2.45. The summed E-state index contributed by atoms with van der Waals surface area (Å²) in [6.45, 7) is 0.